The van der Waals surface area contributed by atoms with Crippen molar-refractivity contribution in [2.24, 2.45) is 0 Å². The first-order valence-electron chi connectivity index (χ1n) is 10.7. The molecule has 1 aliphatic heterocycles. The minimum Gasteiger partial charge on any atom is -0.437 e. The summed E-state index contributed by atoms with van der Waals surface area (Å²) < 4.78 is 6.91. The van der Waals surface area contributed by atoms with E-state index in [2.05, 4.69) is 49.4 Å². The van der Waals surface area contributed by atoms with Crippen LogP contribution in [0.1, 0.15) is 11.1 Å². The molecule has 0 fully saturated rings. The van der Waals surface area contributed by atoms with E-state index in [0.717, 1.165) is 41.2 Å². The van der Waals surface area contributed by atoms with E-state index in [-0.39, 0.29) is 0 Å². The second-order valence-corrected chi connectivity index (χ2v) is 8.66. The minimum absolute atomic E-state index is 0.565. The molecule has 0 unspecified atom stereocenters. The van der Waals surface area contributed by atoms with Crippen LogP contribution in [-0.4, -0.2) is 26.5 Å². The summed E-state index contributed by atoms with van der Waals surface area (Å²) in [5, 5.41) is 5.27. The van der Waals surface area contributed by atoms with Gasteiger partial charge in [0, 0.05) is 25.0 Å². The Kier molecular flexibility index (Phi) is 5.04. The van der Waals surface area contributed by atoms with Gasteiger partial charge in [0.25, 0.3) is 0 Å². The van der Waals surface area contributed by atoms with Crippen molar-refractivity contribution in [3.63, 3.8) is 0 Å². The van der Waals surface area contributed by atoms with Gasteiger partial charge in [-0.05, 0) is 59.3 Å². The molecule has 7 nitrogen and oxygen atoms in total. The molecule has 1 N–H and O–H groups in total. The van der Waals surface area contributed by atoms with Crippen LogP contribution in [0.3, 0.4) is 0 Å². The van der Waals surface area contributed by atoms with Crippen molar-refractivity contribution in [2.45, 2.75) is 13.0 Å². The minimum atomic E-state index is 0.565. The normalized spacial score (nSPS) is 13.0. The van der Waals surface area contributed by atoms with Crippen LogP contribution < -0.4 is 15.0 Å². The van der Waals surface area contributed by atoms with Gasteiger partial charge in [-0.25, -0.2) is 15.0 Å². The first-order valence-corrected chi connectivity index (χ1v) is 11.6. The highest BCUT2D eigenvalue weighted by atomic mass is 32.1. The summed E-state index contributed by atoms with van der Waals surface area (Å²) in [5.74, 6) is 2.76. The number of fused-ring (bicyclic) bond motifs is 2. The third-order valence-electron chi connectivity index (χ3n) is 5.63. The van der Waals surface area contributed by atoms with Crippen LogP contribution in [0.2, 0.25) is 0 Å². The van der Waals surface area contributed by atoms with Gasteiger partial charge in [0.1, 0.15) is 22.6 Å². The Morgan fingerprint density at radius 2 is 1.79 bits per heavy atom. The van der Waals surface area contributed by atoms with Crippen molar-refractivity contribution < 1.29 is 4.74 Å². The summed E-state index contributed by atoms with van der Waals surface area (Å²) in [5.41, 5.74) is 4.55. The number of anilines is 3. The molecule has 2 aromatic carbocycles. The number of nitrogens with one attached hydrogen (secondary N) is 1. The number of ether oxygens (including phenoxy) is 1. The standard InChI is InChI=1S/C25H20N6OS/c1-2-4-18-15-31(13-10-17(18)3-1)22-9-12-26-25(30-22)29-19-5-7-20(8-6-19)32-24-23-21(11-14-33-23)27-16-28-24/h1-9,11-12,14,16H,10,13,15H2,(H,26,29,30). The first-order chi connectivity index (χ1) is 16.3. The molecule has 4 heterocycles. The molecule has 6 rings (SSSR count). The SMILES string of the molecule is c1ccc2c(c1)CCN(c1ccnc(Nc3ccc(Oc4ncnc5ccsc45)cc3)n1)C2. The van der Waals surface area contributed by atoms with E-state index in [1.807, 2.05) is 41.8 Å². The lowest BCUT2D eigenvalue weighted by Crippen LogP contribution is -2.31. The van der Waals surface area contributed by atoms with E-state index in [1.165, 1.54) is 17.5 Å². The number of thiophene rings is 1. The van der Waals surface area contributed by atoms with Crippen molar-refractivity contribution in [1.82, 2.24) is 19.9 Å². The number of benzene rings is 2. The highest BCUT2D eigenvalue weighted by Gasteiger charge is 2.17. The highest BCUT2D eigenvalue weighted by Crippen LogP contribution is 2.31. The third-order valence-corrected chi connectivity index (χ3v) is 6.52. The van der Waals surface area contributed by atoms with E-state index in [0.29, 0.717) is 17.6 Å². The Balaban J connectivity index is 1.16. The van der Waals surface area contributed by atoms with Crippen molar-refractivity contribution in [2.75, 3.05) is 16.8 Å². The van der Waals surface area contributed by atoms with Crippen LogP contribution in [0, 0.1) is 0 Å². The maximum atomic E-state index is 5.98. The summed E-state index contributed by atoms with van der Waals surface area (Å²) in [6, 6.07) is 20.2. The Labute approximate surface area is 194 Å². The Morgan fingerprint density at radius 3 is 2.70 bits per heavy atom. The van der Waals surface area contributed by atoms with E-state index in [9.17, 15) is 0 Å². The van der Waals surface area contributed by atoms with Gasteiger partial charge in [0.2, 0.25) is 11.8 Å². The second kappa shape index (κ2) is 8.48. The van der Waals surface area contributed by atoms with Gasteiger partial charge in [0.05, 0.1) is 5.52 Å². The summed E-state index contributed by atoms with van der Waals surface area (Å²) in [6.45, 7) is 1.80. The molecule has 0 aliphatic carbocycles. The monoisotopic (exact) mass is 452 g/mol. The molecule has 33 heavy (non-hydrogen) atoms. The zero-order valence-electron chi connectivity index (χ0n) is 17.7. The molecule has 5 aromatic rings. The maximum Gasteiger partial charge on any atom is 0.240 e. The molecule has 0 atom stereocenters. The molecule has 8 heteroatoms. The quantitative estimate of drug-likeness (QED) is 0.373. The van der Waals surface area contributed by atoms with Gasteiger partial charge in [-0.1, -0.05) is 24.3 Å². The molecule has 1 aliphatic rings. The largest absolute Gasteiger partial charge is 0.437 e. The first kappa shape index (κ1) is 19.6. The molecule has 0 bridgehead atoms. The number of nitrogens with zero attached hydrogens (tertiary/aromatic N) is 5. The highest BCUT2D eigenvalue weighted by molar-refractivity contribution is 7.17. The maximum absolute atomic E-state index is 5.98. The molecule has 0 saturated heterocycles. The lowest BCUT2D eigenvalue weighted by molar-refractivity contribution is 0.469. The van der Waals surface area contributed by atoms with E-state index < -0.39 is 0 Å². The molecule has 0 amide bonds. The van der Waals surface area contributed by atoms with Crippen molar-refractivity contribution in [1.29, 1.82) is 0 Å². The second-order valence-electron chi connectivity index (χ2n) is 7.74. The summed E-state index contributed by atoms with van der Waals surface area (Å²) in [6.07, 6.45) is 4.34. The number of rotatable bonds is 5. The number of hydrogen-bond acceptors (Lipinski definition) is 8. The summed E-state index contributed by atoms with van der Waals surface area (Å²) in [7, 11) is 0. The van der Waals surface area contributed by atoms with Crippen molar-refractivity contribution >= 4 is 39.0 Å². The van der Waals surface area contributed by atoms with Gasteiger partial charge in [-0.2, -0.15) is 4.98 Å². The van der Waals surface area contributed by atoms with Crippen LogP contribution in [0.5, 0.6) is 11.6 Å². The Bertz CT molecular complexity index is 1420. The molecule has 0 radical (unpaired) electrons. The van der Waals surface area contributed by atoms with Crippen LogP contribution >= 0.6 is 11.3 Å². The number of aromatic nitrogens is 4. The number of hydrogen-bond donors (Lipinski definition) is 1. The van der Waals surface area contributed by atoms with Gasteiger partial charge in [-0.15, -0.1) is 11.3 Å². The molecule has 0 spiro atoms. The third kappa shape index (κ3) is 4.08. The van der Waals surface area contributed by atoms with Gasteiger partial charge >= 0.3 is 0 Å². The summed E-state index contributed by atoms with van der Waals surface area (Å²) >= 11 is 1.56. The van der Waals surface area contributed by atoms with Crippen LogP contribution in [0.4, 0.5) is 17.5 Å². The average Bonchev–Trinajstić information content (AvgIpc) is 3.35. The molecular formula is C25H20N6OS. The van der Waals surface area contributed by atoms with Gasteiger partial charge in [-0.3, -0.25) is 0 Å². The topological polar surface area (TPSA) is 76.1 Å². The molecule has 0 saturated carbocycles. The molecular weight excluding hydrogens is 432 g/mol. The Hall–Kier alpha value is -4.04. The van der Waals surface area contributed by atoms with E-state index in [4.69, 9.17) is 9.72 Å². The molecule has 162 valence electrons. The summed E-state index contributed by atoms with van der Waals surface area (Å²) in [4.78, 5) is 19.9. The van der Waals surface area contributed by atoms with Crippen molar-refractivity contribution in [3.8, 4) is 11.6 Å². The van der Waals surface area contributed by atoms with Crippen LogP contribution in [0.25, 0.3) is 10.2 Å². The van der Waals surface area contributed by atoms with Crippen molar-refractivity contribution in [3.05, 3.63) is 89.7 Å². The fourth-order valence-electron chi connectivity index (χ4n) is 3.96. The molecule has 3 aromatic heterocycles. The lowest BCUT2D eigenvalue weighted by Gasteiger charge is -2.29. The predicted molar refractivity (Wildman–Crippen MR) is 130 cm³/mol. The average molecular weight is 453 g/mol. The lowest BCUT2D eigenvalue weighted by atomic mass is 10.00. The van der Waals surface area contributed by atoms with Gasteiger partial charge < -0.3 is 15.0 Å². The Morgan fingerprint density at radius 1 is 0.909 bits per heavy atom. The fraction of sp³-hybridized carbons (Fsp3) is 0.120. The smallest absolute Gasteiger partial charge is 0.240 e. The van der Waals surface area contributed by atoms with E-state index >= 15 is 0 Å². The van der Waals surface area contributed by atoms with Crippen LogP contribution in [0.15, 0.2) is 78.6 Å². The zero-order chi connectivity index (χ0) is 22.0. The fourth-order valence-corrected chi connectivity index (χ4v) is 4.73. The van der Waals surface area contributed by atoms with E-state index in [1.54, 1.807) is 17.5 Å². The van der Waals surface area contributed by atoms with Gasteiger partial charge in [0.15, 0.2) is 0 Å². The predicted octanol–water partition coefficient (Wildman–Crippen LogP) is 5.58. The van der Waals surface area contributed by atoms with Crippen LogP contribution in [-0.2, 0) is 13.0 Å². The zero-order valence-corrected chi connectivity index (χ0v) is 18.5.